The lowest BCUT2D eigenvalue weighted by Gasteiger charge is -2.34. The average Bonchev–Trinajstić information content (AvgIpc) is 3.60. The lowest BCUT2D eigenvalue weighted by Crippen LogP contribution is -2.48. The Kier molecular flexibility index (Phi) is 6.67. The van der Waals surface area contributed by atoms with Crippen molar-refractivity contribution < 1.29 is 9.13 Å². The van der Waals surface area contributed by atoms with E-state index in [1.807, 2.05) is 18.2 Å². The van der Waals surface area contributed by atoms with Crippen molar-refractivity contribution in [2.45, 2.75) is 38.3 Å². The van der Waals surface area contributed by atoms with Gasteiger partial charge in [0, 0.05) is 50.7 Å². The first-order valence-corrected chi connectivity index (χ1v) is 10.7. The number of nitrogens with zero attached hydrogens (tertiary/aromatic N) is 3. The normalized spacial score (nSPS) is 17.7. The van der Waals surface area contributed by atoms with Crippen LogP contribution in [0.15, 0.2) is 47.6 Å². The van der Waals surface area contributed by atoms with Crippen molar-refractivity contribution in [3.05, 3.63) is 54.0 Å². The summed E-state index contributed by atoms with van der Waals surface area (Å²) in [4.78, 5) is 10.9. The molecule has 2 aliphatic rings. The molecule has 2 N–H and O–H groups in total. The van der Waals surface area contributed by atoms with E-state index >= 15 is 0 Å². The summed E-state index contributed by atoms with van der Waals surface area (Å²) in [6.45, 7) is 3.21. The Morgan fingerprint density at radius 2 is 2.03 bits per heavy atom. The molecule has 0 spiro atoms. The summed E-state index contributed by atoms with van der Waals surface area (Å²) in [6, 6.07) is 11.1. The van der Waals surface area contributed by atoms with Gasteiger partial charge in [-0.15, -0.1) is 0 Å². The van der Waals surface area contributed by atoms with Gasteiger partial charge in [0.25, 0.3) is 0 Å². The second kappa shape index (κ2) is 9.78. The largest absolute Gasteiger partial charge is 0.477 e. The van der Waals surface area contributed by atoms with Gasteiger partial charge in [-0.25, -0.2) is 9.37 Å². The summed E-state index contributed by atoms with van der Waals surface area (Å²) >= 11 is 0. The Balaban J connectivity index is 1.23. The van der Waals surface area contributed by atoms with Gasteiger partial charge in [-0.05, 0) is 61.4 Å². The van der Waals surface area contributed by atoms with Crippen LogP contribution in [0.3, 0.4) is 0 Å². The van der Waals surface area contributed by atoms with E-state index in [1.54, 1.807) is 25.4 Å². The number of guanidine groups is 1. The highest BCUT2D eigenvalue weighted by Crippen LogP contribution is 2.29. The van der Waals surface area contributed by atoms with E-state index in [4.69, 9.17) is 4.74 Å². The zero-order valence-corrected chi connectivity index (χ0v) is 17.5. The fourth-order valence-electron chi connectivity index (χ4n) is 3.66. The summed E-state index contributed by atoms with van der Waals surface area (Å²) in [7, 11) is 1.79. The number of pyridine rings is 1. The smallest absolute Gasteiger partial charge is 0.213 e. The standard InChI is InChI=1S/C23H30FN5O/c1-25-23(27-15-18-7-10-26-22(13-18)30-16-17-5-6-17)28-20-8-11-29(12-9-20)21-4-2-3-19(24)14-21/h2-4,7,10,13-14,17,20H,5-6,8-9,11-12,15-16H2,1H3,(H2,25,27,28). The second-order valence-corrected chi connectivity index (χ2v) is 8.07. The van der Waals surface area contributed by atoms with Crippen molar-refractivity contribution in [2.75, 3.05) is 31.6 Å². The molecule has 160 valence electrons. The molecule has 30 heavy (non-hydrogen) atoms. The molecule has 1 aliphatic heterocycles. The highest BCUT2D eigenvalue weighted by molar-refractivity contribution is 5.80. The first-order chi connectivity index (χ1) is 14.7. The van der Waals surface area contributed by atoms with Gasteiger partial charge < -0.3 is 20.3 Å². The van der Waals surface area contributed by atoms with Crippen LogP contribution in [0, 0.1) is 11.7 Å². The third-order valence-electron chi connectivity index (χ3n) is 5.66. The first kappa shape index (κ1) is 20.4. The number of nitrogens with one attached hydrogen (secondary N) is 2. The summed E-state index contributed by atoms with van der Waals surface area (Å²) in [5.41, 5.74) is 2.06. The van der Waals surface area contributed by atoms with Crippen LogP contribution >= 0.6 is 0 Å². The summed E-state index contributed by atoms with van der Waals surface area (Å²) in [5, 5.41) is 6.89. The molecule has 1 aliphatic carbocycles. The van der Waals surface area contributed by atoms with E-state index in [0.717, 1.165) is 49.7 Å². The van der Waals surface area contributed by atoms with E-state index in [2.05, 4.69) is 25.5 Å². The number of halogens is 1. The predicted molar refractivity (Wildman–Crippen MR) is 117 cm³/mol. The molecule has 0 amide bonds. The van der Waals surface area contributed by atoms with Gasteiger partial charge in [0.1, 0.15) is 5.82 Å². The molecule has 1 saturated heterocycles. The van der Waals surface area contributed by atoms with Crippen LogP contribution in [0.25, 0.3) is 0 Å². The minimum Gasteiger partial charge on any atom is -0.477 e. The van der Waals surface area contributed by atoms with Crippen LogP contribution in [0.1, 0.15) is 31.2 Å². The number of piperidine rings is 1. The lowest BCUT2D eigenvalue weighted by atomic mass is 10.0. The monoisotopic (exact) mass is 411 g/mol. The Bertz CT molecular complexity index is 862. The minimum absolute atomic E-state index is 0.186. The molecule has 1 aromatic heterocycles. The number of hydrogen-bond donors (Lipinski definition) is 2. The van der Waals surface area contributed by atoms with Crippen molar-refractivity contribution in [1.82, 2.24) is 15.6 Å². The maximum absolute atomic E-state index is 13.5. The van der Waals surface area contributed by atoms with Crippen LogP contribution in [-0.4, -0.2) is 43.7 Å². The highest BCUT2D eigenvalue weighted by atomic mass is 19.1. The third-order valence-corrected chi connectivity index (χ3v) is 5.66. The van der Waals surface area contributed by atoms with Gasteiger partial charge in [0.05, 0.1) is 6.61 Å². The fourth-order valence-corrected chi connectivity index (χ4v) is 3.66. The molecule has 0 bridgehead atoms. The number of benzene rings is 1. The number of anilines is 1. The lowest BCUT2D eigenvalue weighted by molar-refractivity contribution is 0.288. The molecule has 7 heteroatoms. The predicted octanol–water partition coefficient (Wildman–Crippen LogP) is 3.34. The van der Waals surface area contributed by atoms with Crippen LogP contribution in [0.2, 0.25) is 0 Å². The molecule has 0 atom stereocenters. The highest BCUT2D eigenvalue weighted by Gasteiger charge is 2.22. The molecule has 2 aromatic rings. The summed E-state index contributed by atoms with van der Waals surface area (Å²) in [5.74, 6) is 2.00. The number of aromatic nitrogens is 1. The molecular weight excluding hydrogens is 381 g/mol. The van der Waals surface area contributed by atoms with Gasteiger partial charge in [-0.1, -0.05) is 6.07 Å². The maximum atomic E-state index is 13.5. The summed E-state index contributed by atoms with van der Waals surface area (Å²) < 4.78 is 19.2. The zero-order chi connectivity index (χ0) is 20.8. The number of rotatable bonds is 7. The molecule has 2 fully saturated rings. The van der Waals surface area contributed by atoms with Gasteiger partial charge >= 0.3 is 0 Å². The summed E-state index contributed by atoms with van der Waals surface area (Å²) in [6.07, 6.45) is 6.28. The van der Waals surface area contributed by atoms with Gasteiger partial charge in [0.15, 0.2) is 5.96 Å². The van der Waals surface area contributed by atoms with E-state index in [0.29, 0.717) is 24.4 Å². The number of hydrogen-bond acceptors (Lipinski definition) is 4. The molecule has 1 saturated carbocycles. The van der Waals surface area contributed by atoms with E-state index in [9.17, 15) is 4.39 Å². The van der Waals surface area contributed by atoms with Crippen LogP contribution < -0.4 is 20.3 Å². The molecular formula is C23H30FN5O. The second-order valence-electron chi connectivity index (χ2n) is 8.07. The van der Waals surface area contributed by atoms with E-state index < -0.39 is 0 Å². The van der Waals surface area contributed by atoms with Crippen LogP contribution in [-0.2, 0) is 6.54 Å². The molecule has 6 nitrogen and oxygen atoms in total. The number of aliphatic imine (C=N–C) groups is 1. The van der Waals surface area contributed by atoms with Gasteiger partial charge in [0.2, 0.25) is 5.88 Å². The Labute approximate surface area is 177 Å². The molecule has 2 heterocycles. The Hall–Kier alpha value is -2.83. The quantitative estimate of drug-likeness (QED) is 0.541. The molecule has 4 rings (SSSR count). The van der Waals surface area contributed by atoms with Crippen LogP contribution in [0.4, 0.5) is 10.1 Å². The van der Waals surface area contributed by atoms with Crippen molar-refractivity contribution in [1.29, 1.82) is 0 Å². The van der Waals surface area contributed by atoms with E-state index in [1.165, 1.54) is 18.9 Å². The third kappa shape index (κ3) is 5.84. The SMILES string of the molecule is CN=C(NCc1ccnc(OCC2CC2)c1)NC1CCN(c2cccc(F)c2)CC1. The zero-order valence-electron chi connectivity index (χ0n) is 17.5. The van der Waals surface area contributed by atoms with Crippen molar-refractivity contribution in [3.63, 3.8) is 0 Å². The maximum Gasteiger partial charge on any atom is 0.213 e. The molecule has 1 aromatic carbocycles. The number of ether oxygens (including phenoxy) is 1. The van der Waals surface area contributed by atoms with Crippen molar-refractivity contribution in [3.8, 4) is 5.88 Å². The average molecular weight is 412 g/mol. The van der Waals surface area contributed by atoms with E-state index in [-0.39, 0.29) is 5.82 Å². The fraction of sp³-hybridized carbons (Fsp3) is 0.478. The Morgan fingerprint density at radius 1 is 1.20 bits per heavy atom. The molecule has 0 radical (unpaired) electrons. The first-order valence-electron chi connectivity index (χ1n) is 10.7. The van der Waals surface area contributed by atoms with Crippen LogP contribution in [0.5, 0.6) is 5.88 Å². The van der Waals surface area contributed by atoms with Gasteiger partial charge in [-0.2, -0.15) is 0 Å². The van der Waals surface area contributed by atoms with Crippen molar-refractivity contribution in [2.24, 2.45) is 10.9 Å². The molecule has 0 unspecified atom stereocenters. The Morgan fingerprint density at radius 3 is 2.77 bits per heavy atom. The minimum atomic E-state index is -0.186. The topological polar surface area (TPSA) is 61.8 Å². The van der Waals surface area contributed by atoms with Crippen molar-refractivity contribution >= 4 is 11.6 Å². The van der Waals surface area contributed by atoms with Gasteiger partial charge in [-0.3, -0.25) is 4.99 Å².